The van der Waals surface area contributed by atoms with Crippen LogP contribution >= 0.6 is 11.6 Å². The Labute approximate surface area is 216 Å². The lowest BCUT2D eigenvalue weighted by molar-refractivity contribution is -0.140. The Morgan fingerprint density at radius 2 is 1.95 bits per heavy atom. The van der Waals surface area contributed by atoms with Crippen molar-refractivity contribution in [2.45, 2.75) is 38.0 Å². The molecule has 3 aromatic rings. The number of benzene rings is 2. The summed E-state index contributed by atoms with van der Waals surface area (Å²) in [7, 11) is 1.20. The van der Waals surface area contributed by atoms with Crippen molar-refractivity contribution in [3.8, 4) is 0 Å². The van der Waals surface area contributed by atoms with Crippen LogP contribution in [0.5, 0.6) is 0 Å². The van der Waals surface area contributed by atoms with E-state index in [2.05, 4.69) is 10.1 Å². The summed E-state index contributed by atoms with van der Waals surface area (Å²) in [4.78, 5) is 51.8. The summed E-state index contributed by atoms with van der Waals surface area (Å²) in [6.45, 7) is -0.278. The lowest BCUT2D eigenvalue weighted by Gasteiger charge is -2.27. The van der Waals surface area contributed by atoms with Crippen LogP contribution < -0.4 is 11.1 Å². The number of fused-ring (bicyclic) bond motifs is 2. The fourth-order valence-corrected chi connectivity index (χ4v) is 5.40. The average Bonchev–Trinajstić information content (AvgIpc) is 3.39. The number of primary amides is 1. The number of esters is 1. The minimum absolute atomic E-state index is 0.0278. The lowest BCUT2D eigenvalue weighted by Crippen LogP contribution is -2.48. The number of carbonyl (C=O) groups excluding carboxylic acids is 4. The molecule has 192 valence electrons. The molecule has 3 atom stereocenters. The third kappa shape index (κ3) is 4.53. The van der Waals surface area contributed by atoms with E-state index >= 15 is 0 Å². The number of aromatic nitrogens is 1. The maximum atomic E-state index is 14.5. The first kappa shape index (κ1) is 24.8. The largest absolute Gasteiger partial charge is 0.465 e. The highest BCUT2D eigenvalue weighted by Crippen LogP contribution is 2.48. The Bertz CT molecular complexity index is 1450. The second-order valence-electron chi connectivity index (χ2n) is 9.31. The molecule has 2 aliphatic rings. The Balaban J connectivity index is 1.32. The quantitative estimate of drug-likeness (QED) is 0.458. The number of nitrogens with two attached hydrogens (primary N) is 1. The van der Waals surface area contributed by atoms with E-state index in [9.17, 15) is 23.6 Å². The third-order valence-corrected chi connectivity index (χ3v) is 7.31. The molecule has 2 heterocycles. The number of rotatable bonds is 7. The summed E-state index contributed by atoms with van der Waals surface area (Å²) in [6.07, 6.45) is 2.88. The molecule has 11 heteroatoms. The van der Waals surface area contributed by atoms with Crippen LogP contribution in [0.1, 0.15) is 39.1 Å². The van der Waals surface area contributed by atoms with Crippen LogP contribution in [0.15, 0.2) is 42.6 Å². The van der Waals surface area contributed by atoms with Gasteiger partial charge in [0, 0.05) is 35.2 Å². The van der Waals surface area contributed by atoms with Crippen LogP contribution in [0.25, 0.3) is 10.9 Å². The van der Waals surface area contributed by atoms with Gasteiger partial charge in [0.1, 0.15) is 18.4 Å². The van der Waals surface area contributed by atoms with Crippen LogP contribution in [0.2, 0.25) is 5.02 Å². The van der Waals surface area contributed by atoms with Crippen LogP contribution in [0.4, 0.5) is 4.39 Å². The minimum Gasteiger partial charge on any atom is -0.465 e. The molecule has 1 aliphatic carbocycles. The van der Waals surface area contributed by atoms with Gasteiger partial charge in [-0.05, 0) is 37.0 Å². The molecular formula is C26H24ClFN4O5. The van der Waals surface area contributed by atoms with E-state index in [-0.39, 0.29) is 47.1 Å². The van der Waals surface area contributed by atoms with Gasteiger partial charge in [-0.15, -0.1) is 0 Å². The van der Waals surface area contributed by atoms with Gasteiger partial charge in [0.15, 0.2) is 0 Å². The molecule has 37 heavy (non-hydrogen) atoms. The van der Waals surface area contributed by atoms with E-state index < -0.39 is 29.6 Å². The zero-order valence-electron chi connectivity index (χ0n) is 19.9. The molecule has 2 fully saturated rings. The standard InChI is InChI=1S/C26H24ClFN4O5/c1-37-26(36)14-6-15(23(28)18(27)7-14)10-30-25(35)21-9-13-8-20(13)32(21)22(33)12-31-11-17(24(29)34)16-4-2-3-5-19(16)31/h2-7,11,13,20-21H,8-10,12H2,1H3,(H2,29,34)(H,30,35)/t13-,20-,21+/m1/s1. The number of likely N-dealkylation sites (tertiary alicyclic amines) is 1. The van der Waals surface area contributed by atoms with Crippen molar-refractivity contribution >= 4 is 46.2 Å². The first-order chi connectivity index (χ1) is 17.7. The Hall–Kier alpha value is -3.92. The molecule has 3 N–H and O–H groups in total. The Kier molecular flexibility index (Phi) is 6.36. The number of ether oxygens (including phenoxy) is 1. The molecule has 1 aromatic heterocycles. The monoisotopic (exact) mass is 526 g/mol. The molecule has 0 unspecified atom stereocenters. The number of halogens is 2. The number of hydrogen-bond donors (Lipinski definition) is 2. The zero-order chi connectivity index (χ0) is 26.4. The fourth-order valence-electron chi connectivity index (χ4n) is 5.16. The molecule has 5 rings (SSSR count). The molecule has 0 radical (unpaired) electrons. The summed E-state index contributed by atoms with van der Waals surface area (Å²) in [5.41, 5.74) is 6.61. The number of piperidine rings is 1. The first-order valence-electron chi connectivity index (χ1n) is 11.7. The van der Waals surface area contributed by atoms with Crippen molar-refractivity contribution in [2.24, 2.45) is 11.7 Å². The van der Waals surface area contributed by atoms with E-state index in [0.717, 1.165) is 12.5 Å². The lowest BCUT2D eigenvalue weighted by atomic mass is 10.1. The maximum Gasteiger partial charge on any atom is 0.337 e. The summed E-state index contributed by atoms with van der Waals surface area (Å²) < 4.78 is 20.9. The van der Waals surface area contributed by atoms with Gasteiger partial charge in [0.2, 0.25) is 11.8 Å². The van der Waals surface area contributed by atoms with Gasteiger partial charge in [-0.3, -0.25) is 14.4 Å². The van der Waals surface area contributed by atoms with Gasteiger partial charge < -0.3 is 25.3 Å². The predicted octanol–water partition coefficient (Wildman–Crippen LogP) is 2.63. The summed E-state index contributed by atoms with van der Waals surface area (Å²) in [5.74, 6) is -2.47. The molecule has 0 spiro atoms. The van der Waals surface area contributed by atoms with Gasteiger partial charge in [0.05, 0.1) is 23.3 Å². The topological polar surface area (TPSA) is 124 Å². The maximum absolute atomic E-state index is 14.5. The second kappa shape index (κ2) is 9.51. The highest BCUT2D eigenvalue weighted by atomic mass is 35.5. The highest BCUT2D eigenvalue weighted by molar-refractivity contribution is 6.31. The smallest absolute Gasteiger partial charge is 0.337 e. The van der Waals surface area contributed by atoms with Crippen molar-refractivity contribution in [3.05, 3.63) is 70.1 Å². The van der Waals surface area contributed by atoms with Crippen molar-refractivity contribution in [1.82, 2.24) is 14.8 Å². The highest BCUT2D eigenvalue weighted by Gasteiger charge is 2.55. The minimum atomic E-state index is -0.749. The Morgan fingerprint density at radius 1 is 1.19 bits per heavy atom. The van der Waals surface area contributed by atoms with Gasteiger partial charge >= 0.3 is 5.97 Å². The van der Waals surface area contributed by atoms with E-state index in [1.807, 2.05) is 0 Å². The fraction of sp³-hybridized carbons (Fsp3) is 0.308. The third-order valence-electron chi connectivity index (χ3n) is 7.03. The average molecular weight is 527 g/mol. The van der Waals surface area contributed by atoms with Gasteiger partial charge in [-0.25, -0.2) is 9.18 Å². The summed E-state index contributed by atoms with van der Waals surface area (Å²) in [5, 5.41) is 3.07. The van der Waals surface area contributed by atoms with Gasteiger partial charge in [-0.2, -0.15) is 0 Å². The number of methoxy groups -OCH3 is 1. The van der Waals surface area contributed by atoms with Crippen molar-refractivity contribution in [1.29, 1.82) is 0 Å². The number of carbonyl (C=O) groups is 4. The van der Waals surface area contributed by atoms with Crippen LogP contribution in [0.3, 0.4) is 0 Å². The van der Waals surface area contributed by atoms with E-state index in [1.165, 1.54) is 13.2 Å². The molecule has 9 nitrogen and oxygen atoms in total. The van der Waals surface area contributed by atoms with Gasteiger partial charge in [-0.1, -0.05) is 29.8 Å². The number of hydrogen-bond acceptors (Lipinski definition) is 5. The number of para-hydroxylation sites is 1. The number of nitrogens with zero attached hydrogens (tertiary/aromatic N) is 2. The van der Waals surface area contributed by atoms with E-state index in [0.29, 0.717) is 22.9 Å². The molecule has 1 saturated heterocycles. The number of nitrogens with one attached hydrogen (secondary N) is 1. The van der Waals surface area contributed by atoms with Crippen LogP contribution in [-0.2, 0) is 27.4 Å². The van der Waals surface area contributed by atoms with Gasteiger partial charge in [0.25, 0.3) is 5.91 Å². The SMILES string of the molecule is COC(=O)c1cc(Cl)c(F)c(CNC(=O)[C@@H]2C[C@H]3C[C@H]3N2C(=O)Cn2cc(C(N)=O)c3ccccc32)c1. The molecular weight excluding hydrogens is 503 g/mol. The van der Waals surface area contributed by atoms with E-state index in [4.69, 9.17) is 17.3 Å². The molecule has 1 aliphatic heterocycles. The Morgan fingerprint density at radius 3 is 2.68 bits per heavy atom. The summed E-state index contributed by atoms with van der Waals surface area (Å²) in [6, 6.07) is 8.84. The normalized spacial score (nSPS) is 20.0. The first-order valence-corrected chi connectivity index (χ1v) is 12.1. The van der Waals surface area contributed by atoms with E-state index in [1.54, 1.807) is 39.9 Å². The zero-order valence-corrected chi connectivity index (χ0v) is 20.6. The molecule has 3 amide bonds. The molecule has 2 aromatic carbocycles. The second-order valence-corrected chi connectivity index (χ2v) is 9.72. The number of amides is 3. The molecule has 0 bridgehead atoms. The summed E-state index contributed by atoms with van der Waals surface area (Å²) >= 11 is 5.91. The van der Waals surface area contributed by atoms with Crippen LogP contribution in [-0.4, -0.2) is 52.4 Å². The van der Waals surface area contributed by atoms with Crippen molar-refractivity contribution < 1.29 is 28.3 Å². The molecule has 1 saturated carbocycles. The van der Waals surface area contributed by atoms with Crippen LogP contribution in [0, 0.1) is 11.7 Å². The predicted molar refractivity (Wildman–Crippen MR) is 132 cm³/mol. The van der Waals surface area contributed by atoms with Crippen molar-refractivity contribution in [2.75, 3.05) is 7.11 Å². The van der Waals surface area contributed by atoms with Crippen molar-refractivity contribution in [3.63, 3.8) is 0 Å².